The maximum atomic E-state index is 12.3. The van der Waals surface area contributed by atoms with Crippen molar-refractivity contribution in [3.05, 3.63) is 0 Å². The second-order valence-electron chi connectivity index (χ2n) is 16.1. The summed E-state index contributed by atoms with van der Waals surface area (Å²) < 4.78 is 23.2. The molecule has 300 valence electrons. The largest absolute Gasteiger partial charge is 0.472 e. The lowest BCUT2D eigenvalue weighted by molar-refractivity contribution is -0.870. The van der Waals surface area contributed by atoms with Gasteiger partial charge in [-0.15, -0.1) is 0 Å². The molecule has 9 heteroatoms. The van der Waals surface area contributed by atoms with E-state index in [-0.39, 0.29) is 19.1 Å². The molecule has 3 N–H and O–H groups in total. The molecular formula is C41H86N2O6P+. The van der Waals surface area contributed by atoms with E-state index >= 15 is 0 Å². The number of unbranched alkanes of at least 4 members (excludes halogenated alkanes) is 26. The second kappa shape index (κ2) is 34.3. The van der Waals surface area contributed by atoms with Crippen LogP contribution in [0.1, 0.15) is 206 Å². The van der Waals surface area contributed by atoms with Gasteiger partial charge in [-0.3, -0.25) is 13.8 Å². The normalized spacial score (nSPS) is 14.5. The Balaban J connectivity index is 3.72. The summed E-state index contributed by atoms with van der Waals surface area (Å²) in [6.07, 6.45) is 37.4. The smallest absolute Gasteiger partial charge is 0.391 e. The van der Waals surface area contributed by atoms with Crippen LogP contribution < -0.4 is 5.32 Å². The van der Waals surface area contributed by atoms with Crippen LogP contribution in [-0.2, 0) is 18.4 Å². The molecular weight excluding hydrogens is 647 g/mol. The van der Waals surface area contributed by atoms with E-state index in [0.29, 0.717) is 30.3 Å². The van der Waals surface area contributed by atoms with E-state index in [1.54, 1.807) is 0 Å². The Morgan fingerprint density at radius 3 is 1.30 bits per heavy atom. The van der Waals surface area contributed by atoms with Crippen LogP contribution in [0.2, 0.25) is 0 Å². The number of nitrogens with zero attached hydrogens (tertiary/aromatic N) is 1. The van der Waals surface area contributed by atoms with Gasteiger partial charge in [-0.2, -0.15) is 0 Å². The van der Waals surface area contributed by atoms with Crippen molar-refractivity contribution in [1.82, 2.24) is 5.32 Å². The van der Waals surface area contributed by atoms with Gasteiger partial charge < -0.3 is 19.8 Å². The molecule has 0 rings (SSSR count). The average molecular weight is 734 g/mol. The number of carbonyl (C=O) groups excluding carboxylic acids is 1. The van der Waals surface area contributed by atoms with Gasteiger partial charge in [0.05, 0.1) is 39.9 Å². The zero-order valence-electron chi connectivity index (χ0n) is 33.9. The highest BCUT2D eigenvalue weighted by molar-refractivity contribution is 7.47. The maximum Gasteiger partial charge on any atom is 0.472 e. The summed E-state index contributed by atoms with van der Waals surface area (Å²) in [6, 6.07) is -0.749. The van der Waals surface area contributed by atoms with Crippen molar-refractivity contribution in [2.24, 2.45) is 0 Å². The van der Waals surface area contributed by atoms with Crippen molar-refractivity contribution < 1.29 is 32.9 Å². The van der Waals surface area contributed by atoms with Crippen molar-refractivity contribution in [3.8, 4) is 0 Å². The molecule has 0 saturated heterocycles. The third-order valence-corrected chi connectivity index (χ3v) is 10.8. The standard InChI is InChI=1S/C41H85N2O6P/c1-6-8-9-10-11-12-13-14-15-16-17-18-19-20-21-22-23-24-25-26-27-28-29-30-31-32-33-35-40(44)39(42-41(45)34-7-2)38-49-50(46,47)48-37-36-43(3,4)5/h39-40,44H,6-38H2,1-5H3,(H-,42,45,46,47)/p+1. The zero-order valence-corrected chi connectivity index (χ0v) is 34.8. The fraction of sp³-hybridized carbons (Fsp3) is 0.976. The minimum atomic E-state index is -4.28. The Bertz CT molecular complexity index is 794. The van der Waals surface area contributed by atoms with Gasteiger partial charge >= 0.3 is 7.82 Å². The van der Waals surface area contributed by atoms with Gasteiger partial charge in [0.25, 0.3) is 0 Å². The molecule has 1 amide bonds. The number of hydrogen-bond acceptors (Lipinski definition) is 5. The van der Waals surface area contributed by atoms with Crippen molar-refractivity contribution in [2.75, 3.05) is 40.9 Å². The molecule has 3 atom stereocenters. The van der Waals surface area contributed by atoms with Crippen molar-refractivity contribution in [3.63, 3.8) is 0 Å². The first kappa shape index (κ1) is 49.5. The lowest BCUT2D eigenvalue weighted by atomic mass is 10.0. The monoisotopic (exact) mass is 734 g/mol. The van der Waals surface area contributed by atoms with Gasteiger partial charge in [0.15, 0.2) is 0 Å². The van der Waals surface area contributed by atoms with E-state index < -0.39 is 20.0 Å². The fourth-order valence-corrected chi connectivity index (χ4v) is 7.18. The summed E-state index contributed by atoms with van der Waals surface area (Å²) in [5.41, 5.74) is 0. The quantitative estimate of drug-likeness (QED) is 0.0330. The van der Waals surface area contributed by atoms with Crippen LogP contribution in [-0.4, -0.2) is 73.4 Å². The van der Waals surface area contributed by atoms with Gasteiger partial charge in [0.1, 0.15) is 13.2 Å². The van der Waals surface area contributed by atoms with E-state index in [2.05, 4.69) is 12.2 Å². The van der Waals surface area contributed by atoms with Gasteiger partial charge in [-0.1, -0.05) is 187 Å². The predicted molar refractivity (Wildman–Crippen MR) is 212 cm³/mol. The number of nitrogens with one attached hydrogen (secondary N) is 1. The Kier molecular flexibility index (Phi) is 33.9. The first-order valence-electron chi connectivity index (χ1n) is 21.4. The first-order chi connectivity index (χ1) is 24.0. The maximum absolute atomic E-state index is 12.3. The summed E-state index contributed by atoms with van der Waals surface area (Å²) in [4.78, 5) is 22.3. The lowest BCUT2D eigenvalue weighted by Crippen LogP contribution is -2.46. The van der Waals surface area contributed by atoms with E-state index in [1.807, 2.05) is 28.1 Å². The molecule has 0 saturated carbocycles. The van der Waals surface area contributed by atoms with Crippen molar-refractivity contribution in [2.45, 2.75) is 219 Å². The molecule has 0 aliphatic rings. The van der Waals surface area contributed by atoms with Gasteiger partial charge in [0.2, 0.25) is 5.91 Å². The summed E-state index contributed by atoms with van der Waals surface area (Å²) in [7, 11) is 1.62. The number of carbonyl (C=O) groups is 1. The van der Waals surface area contributed by atoms with E-state index in [1.165, 1.54) is 154 Å². The number of quaternary nitrogens is 1. The molecule has 0 heterocycles. The van der Waals surface area contributed by atoms with Gasteiger partial charge in [-0.05, 0) is 12.8 Å². The Morgan fingerprint density at radius 2 is 0.960 bits per heavy atom. The molecule has 8 nitrogen and oxygen atoms in total. The molecule has 0 radical (unpaired) electrons. The van der Waals surface area contributed by atoms with E-state index in [9.17, 15) is 19.4 Å². The Hall–Kier alpha value is -0.500. The summed E-state index contributed by atoms with van der Waals surface area (Å²) in [6.45, 7) is 4.56. The van der Waals surface area contributed by atoms with E-state index in [0.717, 1.165) is 19.3 Å². The molecule has 50 heavy (non-hydrogen) atoms. The SMILES string of the molecule is CCCCCCCCCCCCCCCCCCCCCCCCCCCCCC(O)C(COP(=O)(O)OCC[N+](C)(C)C)NC(=O)CCC. The number of hydrogen-bond donors (Lipinski definition) is 3. The van der Waals surface area contributed by atoms with Gasteiger partial charge in [0, 0.05) is 6.42 Å². The third-order valence-electron chi connectivity index (χ3n) is 9.83. The summed E-state index contributed by atoms with van der Waals surface area (Å²) in [5.74, 6) is -0.195. The number of aliphatic hydroxyl groups excluding tert-OH is 1. The van der Waals surface area contributed by atoms with Crippen molar-refractivity contribution >= 4 is 13.7 Å². The summed E-state index contributed by atoms with van der Waals surface area (Å²) in [5, 5.41) is 13.6. The topological polar surface area (TPSA) is 105 Å². The Morgan fingerprint density at radius 1 is 0.600 bits per heavy atom. The van der Waals surface area contributed by atoms with Crippen LogP contribution in [0.15, 0.2) is 0 Å². The Labute approximate surface area is 310 Å². The average Bonchev–Trinajstić information content (AvgIpc) is 3.05. The number of likely N-dealkylation sites (N-methyl/N-ethyl adjacent to an activating group) is 1. The van der Waals surface area contributed by atoms with Crippen LogP contribution >= 0.6 is 7.82 Å². The highest BCUT2D eigenvalue weighted by atomic mass is 31.2. The van der Waals surface area contributed by atoms with Gasteiger partial charge in [-0.25, -0.2) is 4.57 Å². The lowest BCUT2D eigenvalue weighted by Gasteiger charge is -2.26. The molecule has 0 fully saturated rings. The molecule has 0 aliphatic carbocycles. The van der Waals surface area contributed by atoms with E-state index in [4.69, 9.17) is 9.05 Å². The van der Waals surface area contributed by atoms with Crippen LogP contribution in [0.3, 0.4) is 0 Å². The zero-order chi connectivity index (χ0) is 37.2. The number of phosphoric acid groups is 1. The van der Waals surface area contributed by atoms with Crippen LogP contribution in [0, 0.1) is 0 Å². The second-order valence-corrected chi connectivity index (χ2v) is 17.5. The number of phosphoric ester groups is 1. The van der Waals surface area contributed by atoms with Crippen LogP contribution in [0.25, 0.3) is 0 Å². The molecule has 0 aromatic carbocycles. The molecule has 0 spiro atoms. The molecule has 3 unspecified atom stereocenters. The number of aliphatic hydroxyl groups is 1. The molecule has 0 aromatic heterocycles. The molecule has 0 aromatic rings. The highest BCUT2D eigenvalue weighted by Gasteiger charge is 2.28. The highest BCUT2D eigenvalue weighted by Crippen LogP contribution is 2.43. The van der Waals surface area contributed by atoms with Crippen LogP contribution in [0.5, 0.6) is 0 Å². The number of rotatable bonds is 39. The number of amides is 1. The molecule has 0 aliphatic heterocycles. The predicted octanol–water partition coefficient (Wildman–Crippen LogP) is 11.4. The minimum Gasteiger partial charge on any atom is -0.391 e. The van der Waals surface area contributed by atoms with Crippen molar-refractivity contribution in [1.29, 1.82) is 0 Å². The molecule has 0 bridgehead atoms. The third kappa shape index (κ3) is 35.9. The first-order valence-corrected chi connectivity index (χ1v) is 22.9. The van der Waals surface area contributed by atoms with Crippen LogP contribution in [0.4, 0.5) is 0 Å². The summed E-state index contributed by atoms with van der Waals surface area (Å²) >= 11 is 0. The minimum absolute atomic E-state index is 0.0757. The fourth-order valence-electron chi connectivity index (χ4n) is 6.44.